The van der Waals surface area contributed by atoms with Gasteiger partial charge in [0, 0.05) is 17.7 Å². The van der Waals surface area contributed by atoms with Crippen LogP contribution in [0.15, 0.2) is 72.8 Å². The van der Waals surface area contributed by atoms with E-state index in [4.69, 9.17) is 0 Å². The van der Waals surface area contributed by atoms with Crippen LogP contribution in [0.5, 0.6) is 5.75 Å². The first-order valence-corrected chi connectivity index (χ1v) is 9.45. The molecule has 3 rings (SSSR count). The van der Waals surface area contributed by atoms with Crippen molar-refractivity contribution in [1.29, 1.82) is 0 Å². The molecule has 0 aliphatic carbocycles. The minimum absolute atomic E-state index is 0.151. The first kappa shape index (κ1) is 20.1. The quantitative estimate of drug-likeness (QED) is 0.597. The van der Waals surface area contributed by atoms with Crippen molar-refractivity contribution in [2.24, 2.45) is 0 Å². The lowest BCUT2D eigenvalue weighted by atomic mass is 10.0. The Morgan fingerprint density at radius 3 is 2.14 bits per heavy atom. The summed E-state index contributed by atoms with van der Waals surface area (Å²) in [6.45, 7) is 3.77. The van der Waals surface area contributed by atoms with E-state index in [2.05, 4.69) is 10.6 Å². The molecule has 0 radical (unpaired) electrons. The third kappa shape index (κ3) is 5.23. The molecule has 1 unspecified atom stereocenters. The largest absolute Gasteiger partial charge is 0.508 e. The van der Waals surface area contributed by atoms with E-state index in [1.807, 2.05) is 50.2 Å². The Morgan fingerprint density at radius 1 is 0.862 bits per heavy atom. The van der Waals surface area contributed by atoms with Crippen LogP contribution in [0.2, 0.25) is 0 Å². The highest BCUT2D eigenvalue weighted by atomic mass is 16.3. The van der Waals surface area contributed by atoms with E-state index in [9.17, 15) is 14.7 Å². The number of benzene rings is 3. The van der Waals surface area contributed by atoms with Crippen LogP contribution in [-0.2, 0) is 11.2 Å². The van der Waals surface area contributed by atoms with Crippen LogP contribution in [0.1, 0.15) is 27.0 Å². The normalized spacial score (nSPS) is 11.5. The molecule has 0 aromatic heterocycles. The highest BCUT2D eigenvalue weighted by molar-refractivity contribution is 6.02. The van der Waals surface area contributed by atoms with Crippen LogP contribution >= 0.6 is 0 Å². The number of amides is 2. The summed E-state index contributed by atoms with van der Waals surface area (Å²) in [6, 6.07) is 20.6. The molecule has 2 amide bonds. The van der Waals surface area contributed by atoms with Gasteiger partial charge in [0.2, 0.25) is 5.91 Å². The van der Waals surface area contributed by atoms with E-state index in [0.717, 1.165) is 16.7 Å². The molecule has 3 N–H and O–H groups in total. The van der Waals surface area contributed by atoms with Gasteiger partial charge >= 0.3 is 0 Å². The number of carbonyl (C=O) groups is 2. The Morgan fingerprint density at radius 2 is 1.48 bits per heavy atom. The molecule has 3 aromatic carbocycles. The number of para-hydroxylation sites is 1. The summed E-state index contributed by atoms with van der Waals surface area (Å²) in [6.07, 6.45) is 0.301. The van der Waals surface area contributed by atoms with Gasteiger partial charge in [0.25, 0.3) is 5.91 Å². The zero-order chi connectivity index (χ0) is 20.8. The van der Waals surface area contributed by atoms with Crippen molar-refractivity contribution < 1.29 is 14.7 Å². The zero-order valence-electron chi connectivity index (χ0n) is 16.5. The Labute approximate surface area is 170 Å². The molecule has 0 aliphatic heterocycles. The van der Waals surface area contributed by atoms with Gasteiger partial charge < -0.3 is 15.7 Å². The standard InChI is InChI=1S/C24H24N2O3/c1-16-7-3-5-9-20(16)23(28)26-22(15-18-11-13-19(27)14-12-18)24(29)25-21-10-6-4-8-17(21)2/h3-14,22,27H,15H2,1-2H3,(H,25,29)(H,26,28). The Balaban J connectivity index is 1.83. The van der Waals surface area contributed by atoms with E-state index in [1.165, 1.54) is 0 Å². The summed E-state index contributed by atoms with van der Waals surface area (Å²) in [5.41, 5.74) is 3.85. The molecule has 0 fully saturated rings. The molecule has 0 saturated heterocycles. The van der Waals surface area contributed by atoms with E-state index < -0.39 is 6.04 Å². The lowest BCUT2D eigenvalue weighted by Crippen LogP contribution is -2.45. The third-order valence-corrected chi connectivity index (χ3v) is 4.79. The number of anilines is 1. The van der Waals surface area contributed by atoms with Gasteiger partial charge in [-0.05, 0) is 54.8 Å². The lowest BCUT2D eigenvalue weighted by Gasteiger charge is -2.20. The van der Waals surface area contributed by atoms with Crippen LogP contribution < -0.4 is 10.6 Å². The number of nitrogens with one attached hydrogen (secondary N) is 2. The van der Waals surface area contributed by atoms with E-state index in [1.54, 1.807) is 36.4 Å². The number of phenols is 1. The maximum absolute atomic E-state index is 13.0. The maximum atomic E-state index is 13.0. The van der Waals surface area contributed by atoms with Gasteiger partial charge in [0.15, 0.2) is 0 Å². The number of rotatable bonds is 6. The number of carbonyl (C=O) groups excluding carboxylic acids is 2. The first-order valence-electron chi connectivity index (χ1n) is 9.45. The fraction of sp³-hybridized carbons (Fsp3) is 0.167. The first-order chi connectivity index (χ1) is 13.9. The van der Waals surface area contributed by atoms with E-state index in [0.29, 0.717) is 17.7 Å². The summed E-state index contributed by atoms with van der Waals surface area (Å²) in [5.74, 6) is -0.445. The van der Waals surface area contributed by atoms with Crippen LogP contribution in [-0.4, -0.2) is 23.0 Å². The molecular weight excluding hydrogens is 364 g/mol. The predicted octanol–water partition coefficient (Wildman–Crippen LogP) is 3.99. The highest BCUT2D eigenvalue weighted by Gasteiger charge is 2.23. The maximum Gasteiger partial charge on any atom is 0.252 e. The molecule has 0 bridgehead atoms. The molecule has 148 valence electrons. The number of hydrogen-bond donors (Lipinski definition) is 3. The molecule has 3 aromatic rings. The average Bonchev–Trinajstić information content (AvgIpc) is 2.71. The molecule has 0 heterocycles. The molecule has 1 atom stereocenters. The van der Waals surface area contributed by atoms with Gasteiger partial charge in [-0.15, -0.1) is 0 Å². The second kappa shape index (κ2) is 9.06. The number of aromatic hydroxyl groups is 1. The molecule has 5 nitrogen and oxygen atoms in total. The molecule has 29 heavy (non-hydrogen) atoms. The lowest BCUT2D eigenvalue weighted by molar-refractivity contribution is -0.118. The minimum atomic E-state index is -0.772. The Kier molecular flexibility index (Phi) is 6.29. The van der Waals surface area contributed by atoms with Crippen molar-refractivity contribution in [3.8, 4) is 5.75 Å². The molecular formula is C24H24N2O3. The monoisotopic (exact) mass is 388 g/mol. The molecule has 0 saturated carbocycles. The van der Waals surface area contributed by atoms with Gasteiger partial charge in [0.05, 0.1) is 0 Å². The third-order valence-electron chi connectivity index (χ3n) is 4.79. The van der Waals surface area contributed by atoms with E-state index in [-0.39, 0.29) is 17.6 Å². The van der Waals surface area contributed by atoms with Crippen LogP contribution in [0.25, 0.3) is 0 Å². The van der Waals surface area contributed by atoms with Gasteiger partial charge in [-0.1, -0.05) is 48.5 Å². The Bertz CT molecular complexity index is 1010. The van der Waals surface area contributed by atoms with Crippen LogP contribution in [0, 0.1) is 13.8 Å². The fourth-order valence-corrected chi connectivity index (χ4v) is 3.07. The second-order valence-corrected chi connectivity index (χ2v) is 7.02. The van der Waals surface area contributed by atoms with Gasteiger partial charge in [-0.3, -0.25) is 9.59 Å². The summed E-state index contributed by atoms with van der Waals surface area (Å²) in [5, 5.41) is 15.3. The molecule has 0 aliphatic rings. The zero-order valence-corrected chi connectivity index (χ0v) is 16.5. The van der Waals surface area contributed by atoms with Gasteiger partial charge in [-0.25, -0.2) is 0 Å². The van der Waals surface area contributed by atoms with Crippen molar-refractivity contribution in [1.82, 2.24) is 5.32 Å². The number of aryl methyl sites for hydroxylation is 2. The van der Waals surface area contributed by atoms with Crippen molar-refractivity contribution in [2.45, 2.75) is 26.3 Å². The number of phenolic OH excluding ortho intramolecular Hbond substituents is 1. The summed E-state index contributed by atoms with van der Waals surface area (Å²) in [4.78, 5) is 25.8. The van der Waals surface area contributed by atoms with Crippen molar-refractivity contribution in [2.75, 3.05) is 5.32 Å². The van der Waals surface area contributed by atoms with Crippen molar-refractivity contribution in [3.63, 3.8) is 0 Å². The summed E-state index contributed by atoms with van der Waals surface area (Å²) in [7, 11) is 0. The smallest absolute Gasteiger partial charge is 0.252 e. The molecule has 5 heteroatoms. The van der Waals surface area contributed by atoms with Crippen molar-refractivity contribution >= 4 is 17.5 Å². The SMILES string of the molecule is Cc1ccccc1NC(=O)C(Cc1ccc(O)cc1)NC(=O)c1ccccc1C. The topological polar surface area (TPSA) is 78.4 Å². The number of hydrogen-bond acceptors (Lipinski definition) is 3. The predicted molar refractivity (Wildman–Crippen MR) is 114 cm³/mol. The summed E-state index contributed by atoms with van der Waals surface area (Å²) < 4.78 is 0. The summed E-state index contributed by atoms with van der Waals surface area (Å²) >= 11 is 0. The van der Waals surface area contributed by atoms with Crippen molar-refractivity contribution in [3.05, 3.63) is 95.1 Å². The average molecular weight is 388 g/mol. The van der Waals surface area contributed by atoms with Crippen LogP contribution in [0.4, 0.5) is 5.69 Å². The van der Waals surface area contributed by atoms with Crippen LogP contribution in [0.3, 0.4) is 0 Å². The fourth-order valence-electron chi connectivity index (χ4n) is 3.07. The van der Waals surface area contributed by atoms with Gasteiger partial charge in [0.1, 0.15) is 11.8 Å². The Hall–Kier alpha value is -3.60. The van der Waals surface area contributed by atoms with Gasteiger partial charge in [-0.2, -0.15) is 0 Å². The van der Waals surface area contributed by atoms with E-state index >= 15 is 0 Å². The second-order valence-electron chi connectivity index (χ2n) is 7.02. The molecule has 0 spiro atoms. The minimum Gasteiger partial charge on any atom is -0.508 e. The highest BCUT2D eigenvalue weighted by Crippen LogP contribution is 2.16.